The first-order valence-corrected chi connectivity index (χ1v) is 10.3. The number of H-pyrrole nitrogens is 1. The van der Waals surface area contributed by atoms with E-state index in [0.717, 1.165) is 27.8 Å². The molecule has 2 aromatic heterocycles. The molecule has 164 valence electrons. The molecule has 8 heteroatoms. The minimum absolute atomic E-state index is 0.132. The number of pyridine rings is 1. The highest BCUT2D eigenvalue weighted by Gasteiger charge is 2.15. The maximum absolute atomic E-state index is 12.4. The smallest absolute Gasteiger partial charge is 0.259 e. The fraction of sp³-hybridized carbons (Fsp3) is 0.250. The van der Waals surface area contributed by atoms with Gasteiger partial charge in [0, 0.05) is 18.4 Å². The van der Waals surface area contributed by atoms with Crippen LogP contribution in [0.3, 0.4) is 0 Å². The number of hydrogen-bond donors (Lipinski definition) is 2. The van der Waals surface area contributed by atoms with Crippen LogP contribution in [-0.4, -0.2) is 28.1 Å². The highest BCUT2D eigenvalue weighted by molar-refractivity contribution is 5.83. The molecule has 0 aliphatic heterocycles. The van der Waals surface area contributed by atoms with Crippen molar-refractivity contribution in [3.05, 3.63) is 75.9 Å². The van der Waals surface area contributed by atoms with Crippen LogP contribution in [0.15, 0.2) is 57.8 Å². The average Bonchev–Trinajstić information content (AvgIpc) is 3.26. The van der Waals surface area contributed by atoms with Gasteiger partial charge in [0.15, 0.2) is 0 Å². The summed E-state index contributed by atoms with van der Waals surface area (Å²) in [6.07, 6.45) is 0.466. The van der Waals surface area contributed by atoms with Crippen molar-refractivity contribution in [3.8, 4) is 17.1 Å². The first-order valence-electron chi connectivity index (χ1n) is 10.3. The second-order valence-electron chi connectivity index (χ2n) is 7.68. The van der Waals surface area contributed by atoms with E-state index in [0.29, 0.717) is 11.5 Å². The van der Waals surface area contributed by atoms with Gasteiger partial charge in [-0.3, -0.25) is 9.59 Å². The zero-order valence-corrected chi connectivity index (χ0v) is 18.1. The number of hydrogen-bond acceptors (Lipinski definition) is 6. The van der Waals surface area contributed by atoms with Crippen LogP contribution in [0.2, 0.25) is 0 Å². The molecule has 4 rings (SSSR count). The van der Waals surface area contributed by atoms with Gasteiger partial charge in [-0.15, -0.1) is 0 Å². The van der Waals surface area contributed by atoms with Gasteiger partial charge in [0.25, 0.3) is 5.56 Å². The van der Waals surface area contributed by atoms with Crippen molar-refractivity contribution in [1.29, 1.82) is 0 Å². The average molecular weight is 432 g/mol. The molecule has 32 heavy (non-hydrogen) atoms. The van der Waals surface area contributed by atoms with Gasteiger partial charge in [0.2, 0.25) is 17.6 Å². The van der Waals surface area contributed by atoms with Crippen LogP contribution in [0.25, 0.3) is 22.3 Å². The Labute approximate surface area is 184 Å². The number of methoxy groups -OCH3 is 1. The molecule has 2 N–H and O–H groups in total. The Hall–Kier alpha value is -3.94. The summed E-state index contributed by atoms with van der Waals surface area (Å²) in [6.45, 7) is 3.90. The molecule has 0 fully saturated rings. The molecule has 0 radical (unpaired) electrons. The van der Waals surface area contributed by atoms with Gasteiger partial charge in [-0.1, -0.05) is 28.9 Å². The lowest BCUT2D eigenvalue weighted by Crippen LogP contribution is -2.26. The monoisotopic (exact) mass is 432 g/mol. The molecule has 0 saturated heterocycles. The number of fused-ring (bicyclic) bond motifs is 1. The summed E-state index contributed by atoms with van der Waals surface area (Å²) in [5, 5.41) is 7.77. The minimum Gasteiger partial charge on any atom is -0.497 e. The number of rotatable bonds is 7. The number of carbonyl (C=O) groups excluding carboxylic acids is 1. The molecule has 0 unspecified atom stereocenters. The van der Waals surface area contributed by atoms with Crippen molar-refractivity contribution in [2.75, 3.05) is 7.11 Å². The van der Waals surface area contributed by atoms with E-state index in [-0.39, 0.29) is 36.2 Å². The van der Waals surface area contributed by atoms with Crippen LogP contribution >= 0.6 is 0 Å². The number of aryl methyl sites for hydroxylation is 2. The Morgan fingerprint density at radius 1 is 1.19 bits per heavy atom. The van der Waals surface area contributed by atoms with Gasteiger partial charge in [-0.2, -0.15) is 4.98 Å². The number of benzene rings is 2. The molecular formula is C24H24N4O4. The van der Waals surface area contributed by atoms with Crippen molar-refractivity contribution in [3.63, 3.8) is 0 Å². The molecule has 0 aliphatic carbocycles. The van der Waals surface area contributed by atoms with Gasteiger partial charge < -0.3 is 19.6 Å². The summed E-state index contributed by atoms with van der Waals surface area (Å²) in [4.78, 5) is 31.9. The van der Waals surface area contributed by atoms with Gasteiger partial charge in [0.1, 0.15) is 5.75 Å². The van der Waals surface area contributed by atoms with Crippen LogP contribution in [0.5, 0.6) is 5.75 Å². The summed E-state index contributed by atoms with van der Waals surface area (Å²) in [5.74, 6) is 1.14. The van der Waals surface area contributed by atoms with E-state index in [1.54, 1.807) is 13.2 Å². The third kappa shape index (κ3) is 4.69. The van der Waals surface area contributed by atoms with Crippen molar-refractivity contribution in [2.24, 2.45) is 0 Å². The Morgan fingerprint density at radius 3 is 2.72 bits per heavy atom. The van der Waals surface area contributed by atoms with E-state index in [4.69, 9.17) is 9.26 Å². The van der Waals surface area contributed by atoms with Gasteiger partial charge in [-0.05, 0) is 55.1 Å². The molecule has 0 aliphatic rings. The van der Waals surface area contributed by atoms with Gasteiger partial charge >= 0.3 is 0 Å². The zero-order chi connectivity index (χ0) is 22.7. The van der Waals surface area contributed by atoms with E-state index >= 15 is 0 Å². The third-order valence-corrected chi connectivity index (χ3v) is 5.27. The van der Waals surface area contributed by atoms with Crippen LogP contribution in [0, 0.1) is 6.92 Å². The van der Waals surface area contributed by atoms with E-state index in [2.05, 4.69) is 20.4 Å². The quantitative estimate of drug-likeness (QED) is 0.461. The maximum atomic E-state index is 12.4. The van der Waals surface area contributed by atoms with E-state index in [1.165, 1.54) is 0 Å². The third-order valence-electron chi connectivity index (χ3n) is 5.27. The zero-order valence-electron chi connectivity index (χ0n) is 18.1. The fourth-order valence-corrected chi connectivity index (χ4v) is 3.47. The number of amides is 1. The van der Waals surface area contributed by atoms with E-state index < -0.39 is 0 Å². The van der Waals surface area contributed by atoms with Crippen LogP contribution in [0.4, 0.5) is 0 Å². The Balaban J connectivity index is 1.40. The summed E-state index contributed by atoms with van der Waals surface area (Å²) in [6, 6.07) is 14.9. The molecule has 4 aromatic rings. The Bertz CT molecular complexity index is 1310. The predicted octanol–water partition coefficient (Wildman–Crippen LogP) is 3.71. The largest absolute Gasteiger partial charge is 0.497 e. The molecular weight excluding hydrogens is 408 g/mol. The topological polar surface area (TPSA) is 110 Å². The highest BCUT2D eigenvalue weighted by atomic mass is 16.5. The molecule has 0 bridgehead atoms. The minimum atomic E-state index is -0.292. The lowest BCUT2D eigenvalue weighted by Gasteiger charge is -2.14. The van der Waals surface area contributed by atoms with Crippen LogP contribution in [-0.2, 0) is 11.2 Å². The van der Waals surface area contributed by atoms with E-state index in [9.17, 15) is 9.59 Å². The normalized spacial score (nSPS) is 12.0. The SMILES string of the molecule is COc1ccc([C@@H](C)NC(=O)CCc2nc(-c3cc4cc(C)ccc4[nH]c3=O)no2)cc1. The number of nitrogens with one attached hydrogen (secondary N) is 2. The Morgan fingerprint density at radius 2 is 1.97 bits per heavy atom. The number of ether oxygens (including phenoxy) is 1. The molecule has 0 saturated carbocycles. The summed E-state index contributed by atoms with van der Waals surface area (Å²) >= 11 is 0. The highest BCUT2D eigenvalue weighted by Crippen LogP contribution is 2.20. The molecule has 0 spiro atoms. The Kier molecular flexibility index (Phi) is 6.02. The van der Waals surface area contributed by atoms with E-state index in [1.807, 2.05) is 56.3 Å². The molecule has 2 aromatic carbocycles. The summed E-state index contributed by atoms with van der Waals surface area (Å²) in [5.41, 5.74) is 2.84. The molecule has 1 amide bonds. The molecule has 8 nitrogen and oxygen atoms in total. The second kappa shape index (κ2) is 9.05. The lowest BCUT2D eigenvalue weighted by atomic mass is 10.1. The first kappa shape index (κ1) is 21.3. The second-order valence-corrected chi connectivity index (χ2v) is 7.68. The molecule has 1 atom stereocenters. The summed E-state index contributed by atoms with van der Waals surface area (Å²) < 4.78 is 10.4. The number of aromatic amines is 1. The van der Waals surface area contributed by atoms with Crippen molar-refractivity contribution < 1.29 is 14.1 Å². The predicted molar refractivity (Wildman–Crippen MR) is 120 cm³/mol. The van der Waals surface area contributed by atoms with Crippen molar-refractivity contribution in [1.82, 2.24) is 20.4 Å². The first-order chi connectivity index (χ1) is 15.4. The lowest BCUT2D eigenvalue weighted by molar-refractivity contribution is -0.121. The number of nitrogens with zero attached hydrogens (tertiary/aromatic N) is 2. The van der Waals surface area contributed by atoms with Crippen LogP contribution in [0.1, 0.15) is 36.4 Å². The number of carbonyl (C=O) groups is 1. The van der Waals surface area contributed by atoms with Crippen molar-refractivity contribution >= 4 is 16.8 Å². The van der Waals surface area contributed by atoms with Crippen molar-refractivity contribution in [2.45, 2.75) is 32.7 Å². The fourth-order valence-electron chi connectivity index (χ4n) is 3.47. The standard InChI is InChI=1S/C24H24N4O4/c1-14-4-9-20-17(12-14)13-19(24(30)26-20)23-27-22(32-28-23)11-10-21(29)25-15(2)16-5-7-18(31-3)8-6-16/h4-9,12-13,15H,10-11H2,1-3H3,(H,25,29)(H,26,30)/t15-/m1/s1. The molecule has 2 heterocycles. The summed E-state index contributed by atoms with van der Waals surface area (Å²) in [7, 11) is 1.61. The number of aromatic nitrogens is 3. The maximum Gasteiger partial charge on any atom is 0.259 e. The van der Waals surface area contributed by atoms with Gasteiger partial charge in [-0.25, -0.2) is 0 Å². The van der Waals surface area contributed by atoms with Crippen LogP contribution < -0.4 is 15.6 Å². The van der Waals surface area contributed by atoms with Gasteiger partial charge in [0.05, 0.1) is 18.7 Å².